The number of anilines is 1. The van der Waals surface area contributed by atoms with Gasteiger partial charge >= 0.3 is 0 Å². The molecule has 0 fully saturated rings. The van der Waals surface area contributed by atoms with Crippen LogP contribution in [-0.4, -0.2) is 5.91 Å². The lowest BCUT2D eigenvalue weighted by Gasteiger charge is -2.28. The van der Waals surface area contributed by atoms with Crippen molar-refractivity contribution in [3.63, 3.8) is 0 Å². The maximum absolute atomic E-state index is 12.1. The molecule has 3 rings (SSSR count). The number of amides is 1. The van der Waals surface area contributed by atoms with E-state index >= 15 is 0 Å². The van der Waals surface area contributed by atoms with Crippen molar-refractivity contribution < 1.29 is 4.79 Å². The van der Waals surface area contributed by atoms with E-state index in [1.54, 1.807) is 0 Å². The Kier molecular flexibility index (Phi) is 3.38. The average molecular weight is 330 g/mol. The normalized spacial score (nSPS) is 17.6. The molecule has 0 saturated carbocycles. The summed E-state index contributed by atoms with van der Waals surface area (Å²) in [5.41, 5.74) is 5.73. The van der Waals surface area contributed by atoms with Gasteiger partial charge in [0.2, 0.25) is 5.91 Å². The van der Waals surface area contributed by atoms with E-state index in [9.17, 15) is 4.79 Å². The summed E-state index contributed by atoms with van der Waals surface area (Å²) < 4.78 is 1.06. The highest BCUT2D eigenvalue weighted by molar-refractivity contribution is 9.10. The molecule has 1 aliphatic heterocycles. The highest BCUT2D eigenvalue weighted by atomic mass is 79.9. The summed E-state index contributed by atoms with van der Waals surface area (Å²) >= 11 is 3.60. The number of carbonyl (C=O) groups excluding carboxylic acids is 1. The molecule has 0 radical (unpaired) electrons. The molecule has 1 amide bonds. The van der Waals surface area contributed by atoms with Crippen LogP contribution in [0.1, 0.15) is 34.6 Å². The Labute approximate surface area is 127 Å². The molecule has 3 heteroatoms. The van der Waals surface area contributed by atoms with Crippen molar-refractivity contribution in [3.8, 4) is 0 Å². The Morgan fingerprint density at radius 2 is 1.85 bits per heavy atom. The van der Waals surface area contributed by atoms with Crippen LogP contribution in [0.25, 0.3) is 0 Å². The fourth-order valence-corrected chi connectivity index (χ4v) is 3.38. The molecule has 0 spiro atoms. The average Bonchev–Trinajstić information content (AvgIpc) is 2.43. The molecule has 1 N–H and O–H groups in total. The Morgan fingerprint density at radius 3 is 2.60 bits per heavy atom. The summed E-state index contributed by atoms with van der Waals surface area (Å²) in [6.07, 6.45) is 0.498. The molecule has 1 unspecified atom stereocenters. The first-order valence-electron chi connectivity index (χ1n) is 6.72. The highest BCUT2D eigenvalue weighted by Gasteiger charge is 2.28. The van der Waals surface area contributed by atoms with Gasteiger partial charge in [0, 0.05) is 22.5 Å². The summed E-state index contributed by atoms with van der Waals surface area (Å²) in [5, 5.41) is 3.03. The number of aryl methyl sites for hydroxylation is 1. The second-order valence-corrected chi connectivity index (χ2v) is 6.15. The lowest BCUT2D eigenvalue weighted by atomic mass is 9.83. The zero-order chi connectivity index (χ0) is 14.3. The SMILES string of the molecule is Cc1ccc2c(c1C)NC(=O)CC2c1ccccc1Br. The van der Waals surface area contributed by atoms with Gasteiger partial charge in [0.15, 0.2) is 0 Å². The summed E-state index contributed by atoms with van der Waals surface area (Å²) in [6, 6.07) is 12.4. The van der Waals surface area contributed by atoms with Crippen molar-refractivity contribution in [2.75, 3.05) is 5.32 Å². The zero-order valence-electron chi connectivity index (χ0n) is 11.5. The summed E-state index contributed by atoms with van der Waals surface area (Å²) in [6.45, 7) is 4.14. The number of benzene rings is 2. The van der Waals surface area contributed by atoms with Crippen molar-refractivity contribution in [3.05, 3.63) is 63.1 Å². The Morgan fingerprint density at radius 1 is 1.10 bits per heavy atom. The van der Waals surface area contributed by atoms with Gasteiger partial charge in [0.05, 0.1) is 0 Å². The molecule has 0 aromatic heterocycles. The van der Waals surface area contributed by atoms with Gasteiger partial charge in [-0.1, -0.05) is 46.3 Å². The molecule has 1 atom stereocenters. The Hall–Kier alpha value is -1.61. The monoisotopic (exact) mass is 329 g/mol. The molecule has 0 saturated heterocycles. The lowest BCUT2D eigenvalue weighted by Crippen LogP contribution is -2.24. The topological polar surface area (TPSA) is 29.1 Å². The van der Waals surface area contributed by atoms with Crippen LogP contribution in [0, 0.1) is 13.8 Å². The van der Waals surface area contributed by atoms with Gasteiger partial charge < -0.3 is 5.32 Å². The first kappa shape index (κ1) is 13.4. The van der Waals surface area contributed by atoms with Crippen LogP contribution in [0.4, 0.5) is 5.69 Å². The molecule has 20 heavy (non-hydrogen) atoms. The quantitative estimate of drug-likeness (QED) is 0.817. The molecule has 0 bridgehead atoms. The molecule has 0 aliphatic carbocycles. The summed E-state index contributed by atoms with van der Waals surface area (Å²) in [5.74, 6) is 0.209. The summed E-state index contributed by atoms with van der Waals surface area (Å²) in [7, 11) is 0. The zero-order valence-corrected chi connectivity index (χ0v) is 13.1. The fraction of sp³-hybridized carbons (Fsp3) is 0.235. The predicted molar refractivity (Wildman–Crippen MR) is 85.1 cm³/mol. The smallest absolute Gasteiger partial charge is 0.225 e. The number of rotatable bonds is 1. The minimum Gasteiger partial charge on any atom is -0.326 e. The van der Waals surface area contributed by atoms with E-state index in [0.717, 1.165) is 15.7 Å². The number of carbonyl (C=O) groups is 1. The van der Waals surface area contributed by atoms with Gasteiger partial charge in [0.1, 0.15) is 0 Å². The van der Waals surface area contributed by atoms with Crippen LogP contribution in [-0.2, 0) is 4.79 Å². The number of nitrogens with one attached hydrogen (secondary N) is 1. The van der Waals surface area contributed by atoms with Crippen molar-refractivity contribution in [1.29, 1.82) is 0 Å². The standard InChI is InChI=1S/C17H16BrNO/c1-10-7-8-13-14(12-5-3-4-6-15(12)18)9-16(20)19-17(13)11(10)2/h3-8,14H,9H2,1-2H3,(H,19,20). The minimum atomic E-state index is 0.0898. The third-order valence-electron chi connectivity index (χ3n) is 4.08. The lowest BCUT2D eigenvalue weighted by molar-refractivity contribution is -0.116. The van der Waals surface area contributed by atoms with Crippen molar-refractivity contribution >= 4 is 27.5 Å². The number of halogens is 1. The van der Waals surface area contributed by atoms with Gasteiger partial charge in [-0.25, -0.2) is 0 Å². The van der Waals surface area contributed by atoms with E-state index in [2.05, 4.69) is 53.3 Å². The maximum atomic E-state index is 12.1. The number of fused-ring (bicyclic) bond motifs is 1. The van der Waals surface area contributed by atoms with Crippen LogP contribution >= 0.6 is 15.9 Å². The summed E-state index contributed by atoms with van der Waals surface area (Å²) in [4.78, 5) is 12.1. The van der Waals surface area contributed by atoms with E-state index in [-0.39, 0.29) is 11.8 Å². The Bertz CT molecular complexity index is 693. The van der Waals surface area contributed by atoms with Crippen molar-refractivity contribution in [2.45, 2.75) is 26.2 Å². The van der Waals surface area contributed by atoms with E-state index in [1.807, 2.05) is 18.2 Å². The maximum Gasteiger partial charge on any atom is 0.225 e. The fourth-order valence-electron chi connectivity index (χ4n) is 2.81. The molecule has 1 aliphatic rings. The van der Waals surface area contributed by atoms with Crippen LogP contribution < -0.4 is 5.32 Å². The van der Waals surface area contributed by atoms with Gasteiger partial charge in [-0.05, 0) is 42.2 Å². The van der Waals surface area contributed by atoms with E-state index in [0.29, 0.717) is 6.42 Å². The molecule has 102 valence electrons. The molecule has 2 nitrogen and oxygen atoms in total. The Balaban J connectivity index is 2.19. The minimum absolute atomic E-state index is 0.0898. The molecule has 1 heterocycles. The van der Waals surface area contributed by atoms with Gasteiger partial charge in [-0.3, -0.25) is 4.79 Å². The largest absolute Gasteiger partial charge is 0.326 e. The third-order valence-corrected chi connectivity index (χ3v) is 4.80. The first-order valence-corrected chi connectivity index (χ1v) is 7.51. The predicted octanol–water partition coefficient (Wildman–Crippen LogP) is 4.54. The van der Waals surface area contributed by atoms with Crippen LogP contribution in [0.5, 0.6) is 0 Å². The van der Waals surface area contributed by atoms with E-state index in [4.69, 9.17) is 0 Å². The third kappa shape index (κ3) is 2.16. The van der Waals surface area contributed by atoms with Gasteiger partial charge in [-0.15, -0.1) is 0 Å². The molecule has 2 aromatic carbocycles. The second kappa shape index (κ2) is 5.06. The van der Waals surface area contributed by atoms with Crippen molar-refractivity contribution in [1.82, 2.24) is 0 Å². The number of hydrogen-bond acceptors (Lipinski definition) is 1. The van der Waals surface area contributed by atoms with Crippen LogP contribution in [0.15, 0.2) is 40.9 Å². The van der Waals surface area contributed by atoms with E-state index < -0.39 is 0 Å². The van der Waals surface area contributed by atoms with Gasteiger partial charge in [0.25, 0.3) is 0 Å². The molecule has 2 aromatic rings. The van der Waals surface area contributed by atoms with Gasteiger partial charge in [-0.2, -0.15) is 0 Å². The molecular formula is C17H16BrNO. The number of hydrogen-bond donors (Lipinski definition) is 1. The van der Waals surface area contributed by atoms with Crippen LogP contribution in [0.3, 0.4) is 0 Å². The second-order valence-electron chi connectivity index (χ2n) is 5.30. The molecular weight excluding hydrogens is 314 g/mol. The highest BCUT2D eigenvalue weighted by Crippen LogP contribution is 2.41. The van der Waals surface area contributed by atoms with E-state index in [1.165, 1.54) is 16.7 Å². The first-order chi connectivity index (χ1) is 9.58. The van der Waals surface area contributed by atoms with Crippen molar-refractivity contribution in [2.24, 2.45) is 0 Å². The van der Waals surface area contributed by atoms with Crippen LogP contribution in [0.2, 0.25) is 0 Å².